The Labute approximate surface area is 107 Å². The fourth-order valence-electron chi connectivity index (χ4n) is 1.98. The molecule has 0 radical (unpaired) electrons. The van der Waals surface area contributed by atoms with Crippen LogP contribution in [0.2, 0.25) is 0 Å². The van der Waals surface area contributed by atoms with Crippen LogP contribution in [0, 0.1) is 6.92 Å². The summed E-state index contributed by atoms with van der Waals surface area (Å²) in [7, 11) is 1.59. The fourth-order valence-corrected chi connectivity index (χ4v) is 1.98. The van der Waals surface area contributed by atoms with Crippen LogP contribution in [-0.4, -0.2) is 31.0 Å². The van der Waals surface area contributed by atoms with E-state index in [1.165, 1.54) is 0 Å². The second-order valence-corrected chi connectivity index (χ2v) is 4.09. The van der Waals surface area contributed by atoms with E-state index in [0.717, 1.165) is 25.9 Å². The number of oxazole rings is 1. The first-order valence-electron chi connectivity index (χ1n) is 5.62. The number of carbonyl (C=O) groups is 1. The average molecular weight is 260 g/mol. The zero-order valence-electron chi connectivity index (χ0n) is 10.1. The van der Waals surface area contributed by atoms with Gasteiger partial charge in [0.1, 0.15) is 0 Å². The molecule has 2 N–H and O–H groups in total. The molecule has 1 aliphatic rings. The van der Waals surface area contributed by atoms with Crippen LogP contribution in [0.1, 0.15) is 40.9 Å². The molecule has 0 saturated carbocycles. The maximum atomic E-state index is 11.5. The Balaban J connectivity index is 0.00000144. The second-order valence-electron chi connectivity index (χ2n) is 4.09. The quantitative estimate of drug-likeness (QED) is 0.838. The van der Waals surface area contributed by atoms with Gasteiger partial charge in [0.2, 0.25) is 5.76 Å². The predicted octanol–water partition coefficient (Wildman–Crippen LogP) is 1.23. The summed E-state index contributed by atoms with van der Waals surface area (Å²) in [5.41, 5.74) is 0.667. The van der Waals surface area contributed by atoms with Gasteiger partial charge in [-0.05, 0) is 26.3 Å². The van der Waals surface area contributed by atoms with Crippen molar-refractivity contribution in [3.63, 3.8) is 0 Å². The lowest BCUT2D eigenvalue weighted by atomic mass is 10.00. The van der Waals surface area contributed by atoms with Gasteiger partial charge in [-0.15, -0.1) is 12.4 Å². The minimum Gasteiger partial charge on any atom is -0.435 e. The van der Waals surface area contributed by atoms with Crippen molar-refractivity contribution in [1.29, 1.82) is 0 Å². The first-order valence-corrected chi connectivity index (χ1v) is 5.62. The number of rotatable bonds is 2. The van der Waals surface area contributed by atoms with Crippen LogP contribution in [0.5, 0.6) is 0 Å². The van der Waals surface area contributed by atoms with Crippen molar-refractivity contribution in [2.45, 2.75) is 25.7 Å². The lowest BCUT2D eigenvalue weighted by molar-refractivity contribution is 0.0932. The van der Waals surface area contributed by atoms with Crippen LogP contribution in [-0.2, 0) is 0 Å². The SMILES string of the molecule is CNC(=O)c1oc(C2CCCNC2)nc1C.Cl. The summed E-state index contributed by atoms with van der Waals surface area (Å²) in [6, 6.07) is 0. The van der Waals surface area contributed by atoms with Crippen LogP contribution in [0.15, 0.2) is 4.42 Å². The highest BCUT2D eigenvalue weighted by atomic mass is 35.5. The molecule has 1 aliphatic heterocycles. The first-order chi connectivity index (χ1) is 7.72. The van der Waals surface area contributed by atoms with Crippen molar-refractivity contribution in [2.75, 3.05) is 20.1 Å². The molecule has 1 amide bonds. The Morgan fingerprint density at radius 2 is 2.35 bits per heavy atom. The van der Waals surface area contributed by atoms with Crippen molar-refractivity contribution in [2.24, 2.45) is 0 Å². The third-order valence-electron chi connectivity index (χ3n) is 2.89. The molecular weight excluding hydrogens is 242 g/mol. The van der Waals surface area contributed by atoms with E-state index in [-0.39, 0.29) is 18.3 Å². The monoisotopic (exact) mass is 259 g/mol. The molecule has 0 spiro atoms. The van der Waals surface area contributed by atoms with E-state index < -0.39 is 0 Å². The van der Waals surface area contributed by atoms with E-state index in [9.17, 15) is 4.79 Å². The Morgan fingerprint density at radius 3 is 2.94 bits per heavy atom. The maximum absolute atomic E-state index is 11.5. The summed E-state index contributed by atoms with van der Waals surface area (Å²) in [5, 5.41) is 5.85. The van der Waals surface area contributed by atoms with Crippen molar-refractivity contribution < 1.29 is 9.21 Å². The van der Waals surface area contributed by atoms with Gasteiger partial charge in [0.05, 0.1) is 5.69 Å². The summed E-state index contributed by atoms with van der Waals surface area (Å²) in [6.45, 7) is 3.74. The Bertz CT molecular complexity index is 386. The number of nitrogens with zero attached hydrogens (tertiary/aromatic N) is 1. The van der Waals surface area contributed by atoms with Gasteiger partial charge in [-0.3, -0.25) is 4.79 Å². The van der Waals surface area contributed by atoms with Gasteiger partial charge in [-0.2, -0.15) is 0 Å². The third-order valence-corrected chi connectivity index (χ3v) is 2.89. The van der Waals surface area contributed by atoms with E-state index in [2.05, 4.69) is 15.6 Å². The summed E-state index contributed by atoms with van der Waals surface area (Å²) in [4.78, 5) is 15.8. The molecule has 1 aromatic rings. The molecule has 0 bridgehead atoms. The summed E-state index contributed by atoms with van der Waals surface area (Å²) in [6.07, 6.45) is 2.20. The molecule has 6 heteroatoms. The normalized spacial score (nSPS) is 19.5. The van der Waals surface area contributed by atoms with Gasteiger partial charge in [0.15, 0.2) is 5.89 Å². The number of nitrogens with one attached hydrogen (secondary N) is 2. The maximum Gasteiger partial charge on any atom is 0.288 e. The third kappa shape index (κ3) is 2.98. The van der Waals surface area contributed by atoms with Gasteiger partial charge in [-0.25, -0.2) is 4.98 Å². The molecule has 0 aromatic carbocycles. The number of piperidine rings is 1. The zero-order valence-corrected chi connectivity index (χ0v) is 10.9. The summed E-state index contributed by atoms with van der Waals surface area (Å²) in [5.74, 6) is 1.11. The number of halogens is 1. The van der Waals surface area contributed by atoms with Gasteiger partial charge >= 0.3 is 0 Å². The number of amides is 1. The largest absolute Gasteiger partial charge is 0.435 e. The number of aryl methyl sites for hydroxylation is 1. The highest BCUT2D eigenvalue weighted by Gasteiger charge is 2.23. The molecule has 17 heavy (non-hydrogen) atoms. The Morgan fingerprint density at radius 1 is 1.59 bits per heavy atom. The van der Waals surface area contributed by atoms with Gasteiger partial charge in [-0.1, -0.05) is 0 Å². The molecule has 5 nitrogen and oxygen atoms in total. The van der Waals surface area contributed by atoms with E-state index in [0.29, 0.717) is 23.3 Å². The molecule has 1 atom stereocenters. The lowest BCUT2D eigenvalue weighted by Crippen LogP contribution is -2.28. The smallest absolute Gasteiger partial charge is 0.288 e. The van der Waals surface area contributed by atoms with Crippen LogP contribution < -0.4 is 10.6 Å². The summed E-state index contributed by atoms with van der Waals surface area (Å²) < 4.78 is 5.54. The standard InChI is InChI=1S/C11H17N3O2.ClH/c1-7-9(10(15)12-2)16-11(14-7)8-4-3-5-13-6-8;/h8,13H,3-6H2,1-2H3,(H,12,15);1H. The summed E-state index contributed by atoms with van der Waals surface area (Å²) >= 11 is 0. The molecule has 1 saturated heterocycles. The Kier molecular flexibility index (Phi) is 4.96. The number of carbonyl (C=O) groups excluding carboxylic acids is 1. The topological polar surface area (TPSA) is 67.2 Å². The molecule has 96 valence electrons. The number of hydrogen-bond donors (Lipinski definition) is 2. The van der Waals surface area contributed by atoms with Gasteiger partial charge < -0.3 is 15.1 Å². The molecule has 1 unspecified atom stereocenters. The molecule has 2 heterocycles. The minimum absolute atomic E-state index is 0. The van der Waals surface area contributed by atoms with E-state index in [1.807, 2.05) is 0 Å². The molecule has 1 aromatic heterocycles. The van der Waals surface area contributed by atoms with E-state index in [1.54, 1.807) is 14.0 Å². The lowest BCUT2D eigenvalue weighted by Gasteiger charge is -2.19. The molecule has 0 aliphatic carbocycles. The minimum atomic E-state index is -0.208. The highest BCUT2D eigenvalue weighted by Crippen LogP contribution is 2.24. The fraction of sp³-hybridized carbons (Fsp3) is 0.636. The molecular formula is C11H18ClN3O2. The zero-order chi connectivity index (χ0) is 11.5. The van der Waals surface area contributed by atoms with Crippen LogP contribution in [0.3, 0.4) is 0 Å². The van der Waals surface area contributed by atoms with Crippen molar-refractivity contribution in [1.82, 2.24) is 15.6 Å². The van der Waals surface area contributed by atoms with Crippen molar-refractivity contribution in [3.8, 4) is 0 Å². The highest BCUT2D eigenvalue weighted by molar-refractivity contribution is 5.92. The van der Waals surface area contributed by atoms with Crippen molar-refractivity contribution in [3.05, 3.63) is 17.3 Å². The average Bonchev–Trinajstić information content (AvgIpc) is 2.71. The van der Waals surface area contributed by atoms with E-state index in [4.69, 9.17) is 4.42 Å². The van der Waals surface area contributed by atoms with Crippen LogP contribution in [0.4, 0.5) is 0 Å². The number of hydrogen-bond acceptors (Lipinski definition) is 4. The molecule has 2 rings (SSSR count). The first kappa shape index (κ1) is 14.0. The van der Waals surface area contributed by atoms with Gasteiger partial charge in [0, 0.05) is 19.5 Å². The number of aromatic nitrogens is 1. The van der Waals surface area contributed by atoms with E-state index >= 15 is 0 Å². The van der Waals surface area contributed by atoms with Crippen LogP contribution >= 0.6 is 12.4 Å². The van der Waals surface area contributed by atoms with Crippen LogP contribution in [0.25, 0.3) is 0 Å². The van der Waals surface area contributed by atoms with Crippen molar-refractivity contribution >= 4 is 18.3 Å². The second kappa shape index (κ2) is 6.02. The molecule has 1 fully saturated rings. The predicted molar refractivity (Wildman–Crippen MR) is 66.7 cm³/mol. The van der Waals surface area contributed by atoms with Gasteiger partial charge in [0.25, 0.3) is 5.91 Å². The Hall–Kier alpha value is -1.07.